The van der Waals surface area contributed by atoms with E-state index in [9.17, 15) is 13.2 Å². The number of hydrogen-bond donors (Lipinski definition) is 0. The van der Waals surface area contributed by atoms with Crippen molar-refractivity contribution in [1.29, 1.82) is 0 Å². The van der Waals surface area contributed by atoms with Crippen LogP contribution in [0.3, 0.4) is 0 Å². The number of sulfone groups is 1. The summed E-state index contributed by atoms with van der Waals surface area (Å²) in [6.07, 6.45) is 0.428. The van der Waals surface area contributed by atoms with Crippen molar-refractivity contribution in [3.63, 3.8) is 0 Å². The lowest BCUT2D eigenvalue weighted by Crippen LogP contribution is -2.30. The van der Waals surface area contributed by atoms with Gasteiger partial charge in [0, 0.05) is 6.42 Å². The lowest BCUT2D eigenvalue weighted by atomic mass is 10.1. The molecule has 0 saturated carbocycles. The average molecular weight is 493 g/mol. The molecule has 176 valence electrons. The molecule has 0 saturated heterocycles. The molecule has 5 nitrogen and oxygen atoms in total. The van der Waals surface area contributed by atoms with E-state index in [4.69, 9.17) is 4.98 Å². The van der Waals surface area contributed by atoms with E-state index in [2.05, 4.69) is 13.0 Å². The standard InChI is InChI=1S/C27H28N2O3S2/c1-20-16-21(2)26-24(17-20)28-27(33-26)29(18-22-10-5-3-6-11-22)25(30)14-9-15-34(31,32)19-23-12-7-4-8-13-23/h3-8,10-13,16-17H,9,14-15,18-19H2,1-2H3. The van der Waals surface area contributed by atoms with Crippen molar-refractivity contribution in [2.75, 3.05) is 10.7 Å². The zero-order valence-electron chi connectivity index (χ0n) is 19.4. The highest BCUT2D eigenvalue weighted by molar-refractivity contribution is 7.90. The van der Waals surface area contributed by atoms with Crippen LogP contribution in [-0.2, 0) is 26.9 Å². The molecule has 0 aliphatic heterocycles. The molecule has 1 heterocycles. The SMILES string of the molecule is Cc1cc(C)c2sc(N(Cc3ccccc3)C(=O)CCCS(=O)(=O)Cc3ccccc3)nc2c1. The minimum absolute atomic E-state index is 0.00768. The van der Waals surface area contributed by atoms with Gasteiger partial charge in [-0.1, -0.05) is 78.1 Å². The van der Waals surface area contributed by atoms with Gasteiger partial charge in [-0.2, -0.15) is 0 Å². The molecule has 0 fully saturated rings. The minimum Gasteiger partial charge on any atom is -0.284 e. The zero-order valence-corrected chi connectivity index (χ0v) is 21.0. The fourth-order valence-electron chi connectivity index (χ4n) is 3.99. The number of rotatable bonds is 9. The molecule has 0 atom stereocenters. The third kappa shape index (κ3) is 6.10. The molecule has 3 aromatic carbocycles. The van der Waals surface area contributed by atoms with Crippen molar-refractivity contribution in [1.82, 2.24) is 4.98 Å². The van der Waals surface area contributed by atoms with Crippen molar-refractivity contribution >= 4 is 42.4 Å². The highest BCUT2D eigenvalue weighted by Crippen LogP contribution is 2.33. The number of carbonyl (C=O) groups is 1. The van der Waals surface area contributed by atoms with Crippen LogP contribution < -0.4 is 4.90 Å². The van der Waals surface area contributed by atoms with Crippen LogP contribution >= 0.6 is 11.3 Å². The number of fused-ring (bicyclic) bond motifs is 1. The summed E-state index contributed by atoms with van der Waals surface area (Å²) in [4.78, 5) is 19.8. The number of anilines is 1. The normalized spacial score (nSPS) is 11.6. The first kappa shape index (κ1) is 24.1. The summed E-state index contributed by atoms with van der Waals surface area (Å²) < 4.78 is 26.2. The van der Waals surface area contributed by atoms with Crippen LogP contribution in [0.5, 0.6) is 0 Å². The van der Waals surface area contributed by atoms with Gasteiger partial charge in [-0.25, -0.2) is 13.4 Å². The Bertz CT molecular complexity index is 1380. The Morgan fingerprint density at radius 2 is 1.59 bits per heavy atom. The molecular weight excluding hydrogens is 464 g/mol. The Hall–Kier alpha value is -3.03. The van der Waals surface area contributed by atoms with Gasteiger partial charge < -0.3 is 0 Å². The molecule has 0 radical (unpaired) electrons. The topological polar surface area (TPSA) is 67.3 Å². The van der Waals surface area contributed by atoms with Crippen LogP contribution in [0.1, 0.15) is 35.1 Å². The second-order valence-corrected chi connectivity index (χ2v) is 11.7. The van der Waals surface area contributed by atoms with E-state index < -0.39 is 9.84 Å². The van der Waals surface area contributed by atoms with Gasteiger partial charge in [-0.05, 0) is 48.6 Å². The summed E-state index contributed by atoms with van der Waals surface area (Å²) >= 11 is 1.50. The van der Waals surface area contributed by atoms with Crippen molar-refractivity contribution in [3.05, 3.63) is 95.1 Å². The molecule has 0 aliphatic rings. The number of nitrogens with zero attached hydrogens (tertiary/aromatic N) is 2. The van der Waals surface area contributed by atoms with Gasteiger partial charge in [0.25, 0.3) is 0 Å². The molecular formula is C27H28N2O3S2. The fourth-order valence-corrected chi connectivity index (χ4v) is 6.45. The Kier molecular flexibility index (Phi) is 7.44. The maximum atomic E-state index is 13.3. The quantitative estimate of drug-likeness (QED) is 0.294. The molecule has 4 aromatic rings. The van der Waals surface area contributed by atoms with Crippen LogP contribution in [0.25, 0.3) is 10.2 Å². The zero-order chi connectivity index (χ0) is 24.1. The molecule has 0 aliphatic carbocycles. The molecule has 34 heavy (non-hydrogen) atoms. The predicted molar refractivity (Wildman–Crippen MR) is 140 cm³/mol. The van der Waals surface area contributed by atoms with Crippen LogP contribution in [0.15, 0.2) is 72.8 Å². The summed E-state index contributed by atoms with van der Waals surface area (Å²) in [5.74, 6) is -0.149. The third-order valence-corrected chi connectivity index (χ3v) is 8.51. The summed E-state index contributed by atoms with van der Waals surface area (Å²) in [5, 5.41) is 0.643. The first-order chi connectivity index (χ1) is 16.3. The number of thiazole rings is 1. The number of aryl methyl sites for hydroxylation is 2. The van der Waals surface area contributed by atoms with E-state index >= 15 is 0 Å². The monoisotopic (exact) mass is 492 g/mol. The Morgan fingerprint density at radius 1 is 0.941 bits per heavy atom. The molecule has 7 heteroatoms. The van der Waals surface area contributed by atoms with Crippen molar-refractivity contribution in [3.8, 4) is 0 Å². The van der Waals surface area contributed by atoms with Gasteiger partial charge in [-0.3, -0.25) is 9.69 Å². The molecule has 1 amide bonds. The molecule has 4 rings (SSSR count). The highest BCUT2D eigenvalue weighted by Gasteiger charge is 2.22. The predicted octanol–water partition coefficient (Wildman–Crippen LogP) is 5.84. The van der Waals surface area contributed by atoms with Crippen LogP contribution in [0.2, 0.25) is 0 Å². The van der Waals surface area contributed by atoms with Gasteiger partial charge in [0.1, 0.15) is 0 Å². The average Bonchev–Trinajstić information content (AvgIpc) is 3.22. The molecule has 0 bridgehead atoms. The van der Waals surface area contributed by atoms with Gasteiger partial charge in [-0.15, -0.1) is 0 Å². The number of benzene rings is 3. The maximum Gasteiger partial charge on any atom is 0.229 e. The number of aromatic nitrogens is 1. The van der Waals surface area contributed by atoms with E-state index in [0.717, 1.165) is 32.5 Å². The van der Waals surface area contributed by atoms with Gasteiger partial charge in [0.15, 0.2) is 15.0 Å². The highest BCUT2D eigenvalue weighted by atomic mass is 32.2. The van der Waals surface area contributed by atoms with Crippen molar-refractivity contribution in [2.24, 2.45) is 0 Å². The maximum absolute atomic E-state index is 13.3. The van der Waals surface area contributed by atoms with Crippen LogP contribution in [-0.4, -0.2) is 25.1 Å². The third-order valence-electron chi connectivity index (χ3n) is 5.60. The minimum atomic E-state index is -3.29. The van der Waals surface area contributed by atoms with Gasteiger partial charge >= 0.3 is 0 Å². The van der Waals surface area contributed by atoms with E-state index in [1.54, 1.807) is 17.0 Å². The largest absolute Gasteiger partial charge is 0.284 e. The van der Waals surface area contributed by atoms with E-state index in [1.807, 2.05) is 61.5 Å². The number of hydrogen-bond acceptors (Lipinski definition) is 5. The summed E-state index contributed by atoms with van der Waals surface area (Å²) in [5.41, 5.74) is 4.91. The van der Waals surface area contributed by atoms with Crippen molar-refractivity contribution < 1.29 is 13.2 Å². The summed E-state index contributed by atoms with van der Waals surface area (Å²) in [6.45, 7) is 4.49. The van der Waals surface area contributed by atoms with Crippen molar-refractivity contribution in [2.45, 2.75) is 39.0 Å². The summed E-state index contributed by atoms with van der Waals surface area (Å²) in [6, 6.07) is 23.1. The van der Waals surface area contributed by atoms with E-state index in [1.165, 1.54) is 11.3 Å². The Morgan fingerprint density at radius 3 is 2.26 bits per heavy atom. The fraction of sp³-hybridized carbons (Fsp3) is 0.259. The van der Waals surface area contributed by atoms with Gasteiger partial charge in [0.05, 0.1) is 28.3 Å². The lowest BCUT2D eigenvalue weighted by Gasteiger charge is -2.20. The molecule has 0 unspecified atom stereocenters. The van der Waals surface area contributed by atoms with E-state index in [0.29, 0.717) is 11.7 Å². The Labute approximate surface area is 205 Å². The van der Waals surface area contributed by atoms with Gasteiger partial charge in [0.2, 0.25) is 5.91 Å². The second kappa shape index (κ2) is 10.5. The smallest absolute Gasteiger partial charge is 0.229 e. The summed E-state index contributed by atoms with van der Waals surface area (Å²) in [7, 11) is -3.29. The lowest BCUT2D eigenvalue weighted by molar-refractivity contribution is -0.118. The number of carbonyl (C=O) groups excluding carboxylic acids is 1. The van der Waals surface area contributed by atoms with Crippen LogP contribution in [0, 0.1) is 13.8 Å². The first-order valence-electron chi connectivity index (χ1n) is 11.3. The van der Waals surface area contributed by atoms with Crippen LogP contribution in [0.4, 0.5) is 5.13 Å². The molecule has 1 aromatic heterocycles. The van der Waals surface area contributed by atoms with E-state index in [-0.39, 0.29) is 30.3 Å². The molecule has 0 N–H and O–H groups in total. The molecule has 0 spiro atoms. The second-order valence-electron chi connectivity index (χ2n) is 8.57. The number of amides is 1. The first-order valence-corrected chi connectivity index (χ1v) is 13.9. The Balaban J connectivity index is 1.51.